The topological polar surface area (TPSA) is 50.8 Å². The zero-order valence-electron chi connectivity index (χ0n) is 11.7. The van der Waals surface area contributed by atoms with Crippen molar-refractivity contribution in [2.75, 3.05) is 33.4 Å². The lowest BCUT2D eigenvalue weighted by Gasteiger charge is -2.17. The third kappa shape index (κ3) is 2.72. The first kappa shape index (κ1) is 13.2. The number of benzene rings is 1. The van der Waals surface area contributed by atoms with Crippen LogP contribution in [0.5, 0.6) is 11.5 Å². The Morgan fingerprint density at radius 3 is 3.00 bits per heavy atom. The molecule has 1 unspecified atom stereocenters. The highest BCUT2D eigenvalue weighted by Crippen LogP contribution is 2.34. The van der Waals surface area contributed by atoms with Gasteiger partial charge in [0, 0.05) is 5.56 Å². The molecule has 5 heteroatoms. The van der Waals surface area contributed by atoms with Gasteiger partial charge in [-0.15, -0.1) is 0 Å². The summed E-state index contributed by atoms with van der Waals surface area (Å²) in [6.07, 6.45) is 2.39. The lowest BCUT2D eigenvalue weighted by molar-refractivity contribution is -0.122. The van der Waals surface area contributed by atoms with Crippen molar-refractivity contribution >= 4 is 5.91 Å². The molecule has 0 bridgehead atoms. The maximum absolute atomic E-state index is 12.1. The fourth-order valence-corrected chi connectivity index (χ4v) is 2.82. The highest BCUT2D eigenvalue weighted by Gasteiger charge is 2.27. The first-order valence-electron chi connectivity index (χ1n) is 7.09. The number of carbonyl (C=O) groups excluding carboxylic acids is 1. The number of amides is 1. The Bertz CT molecular complexity index is 498. The highest BCUT2D eigenvalue weighted by atomic mass is 16.5. The Balaban J connectivity index is 1.63. The van der Waals surface area contributed by atoms with Gasteiger partial charge in [0.15, 0.2) is 0 Å². The number of carbonyl (C=O) groups is 1. The summed E-state index contributed by atoms with van der Waals surface area (Å²) < 4.78 is 10.8. The molecule has 20 heavy (non-hydrogen) atoms. The van der Waals surface area contributed by atoms with Crippen molar-refractivity contribution < 1.29 is 14.3 Å². The van der Waals surface area contributed by atoms with Crippen molar-refractivity contribution in [1.29, 1.82) is 0 Å². The van der Waals surface area contributed by atoms with Gasteiger partial charge in [0.05, 0.1) is 19.7 Å². The number of hydrogen-bond donors (Lipinski definition) is 1. The molecule has 2 heterocycles. The molecule has 1 aromatic carbocycles. The van der Waals surface area contributed by atoms with Crippen LogP contribution in [0.25, 0.3) is 0 Å². The fraction of sp³-hybridized carbons (Fsp3) is 0.533. The maximum atomic E-state index is 12.1. The summed E-state index contributed by atoms with van der Waals surface area (Å²) in [7, 11) is 1.64. The molecule has 1 aromatic rings. The second kappa shape index (κ2) is 5.71. The van der Waals surface area contributed by atoms with Gasteiger partial charge in [0.1, 0.15) is 18.1 Å². The molecule has 1 amide bonds. The van der Waals surface area contributed by atoms with Gasteiger partial charge in [-0.2, -0.15) is 0 Å². The molecule has 0 saturated carbocycles. The van der Waals surface area contributed by atoms with Gasteiger partial charge >= 0.3 is 0 Å². The van der Waals surface area contributed by atoms with Gasteiger partial charge in [0.25, 0.3) is 0 Å². The van der Waals surface area contributed by atoms with Crippen molar-refractivity contribution in [3.8, 4) is 11.5 Å². The molecule has 0 spiro atoms. The van der Waals surface area contributed by atoms with Gasteiger partial charge in [-0.1, -0.05) is 0 Å². The minimum atomic E-state index is -0.0739. The van der Waals surface area contributed by atoms with Crippen LogP contribution >= 0.6 is 0 Å². The van der Waals surface area contributed by atoms with Crippen LogP contribution in [0.15, 0.2) is 18.2 Å². The lowest BCUT2D eigenvalue weighted by atomic mass is 10.1. The van der Waals surface area contributed by atoms with Crippen LogP contribution in [0, 0.1) is 0 Å². The predicted molar refractivity (Wildman–Crippen MR) is 75.0 cm³/mol. The Morgan fingerprint density at radius 1 is 1.45 bits per heavy atom. The van der Waals surface area contributed by atoms with Crippen LogP contribution < -0.4 is 14.8 Å². The van der Waals surface area contributed by atoms with Gasteiger partial charge in [-0.3, -0.25) is 9.69 Å². The zero-order chi connectivity index (χ0) is 13.9. The van der Waals surface area contributed by atoms with E-state index in [4.69, 9.17) is 9.47 Å². The third-order valence-corrected chi connectivity index (χ3v) is 3.90. The van der Waals surface area contributed by atoms with Gasteiger partial charge in [0.2, 0.25) is 5.91 Å². The van der Waals surface area contributed by atoms with E-state index >= 15 is 0 Å². The molecular weight excluding hydrogens is 256 g/mol. The molecule has 5 nitrogen and oxygen atoms in total. The Labute approximate surface area is 118 Å². The molecular formula is C15H20N2O3. The Kier molecular flexibility index (Phi) is 3.78. The molecule has 0 aromatic heterocycles. The summed E-state index contributed by atoms with van der Waals surface area (Å²) in [5.74, 6) is 1.68. The highest BCUT2D eigenvalue weighted by molar-refractivity contribution is 5.78. The fourth-order valence-electron chi connectivity index (χ4n) is 2.82. The molecule has 0 radical (unpaired) electrons. The van der Waals surface area contributed by atoms with Crippen molar-refractivity contribution in [3.05, 3.63) is 23.8 Å². The quantitative estimate of drug-likeness (QED) is 0.901. The van der Waals surface area contributed by atoms with Crippen LogP contribution in [0.3, 0.4) is 0 Å². The Morgan fingerprint density at radius 2 is 2.25 bits per heavy atom. The maximum Gasteiger partial charge on any atom is 0.234 e. The first-order chi connectivity index (χ1) is 9.76. The number of nitrogens with one attached hydrogen (secondary N) is 1. The number of ether oxygens (including phenoxy) is 2. The summed E-state index contributed by atoms with van der Waals surface area (Å²) in [6, 6.07) is 5.62. The molecule has 108 valence electrons. The lowest BCUT2D eigenvalue weighted by Crippen LogP contribution is -2.38. The minimum absolute atomic E-state index is 0.0659. The van der Waals surface area contributed by atoms with Crippen molar-refractivity contribution in [1.82, 2.24) is 10.2 Å². The van der Waals surface area contributed by atoms with Crippen LogP contribution in [-0.2, 0) is 4.79 Å². The number of rotatable bonds is 4. The molecule has 1 atom stereocenters. The second-order valence-corrected chi connectivity index (χ2v) is 5.32. The van der Waals surface area contributed by atoms with Crippen molar-refractivity contribution in [2.45, 2.75) is 18.9 Å². The number of likely N-dealkylation sites (tertiary alicyclic amines) is 1. The predicted octanol–water partition coefficient (Wildman–Crippen LogP) is 1.34. The summed E-state index contributed by atoms with van der Waals surface area (Å²) in [6.45, 7) is 3.03. The van der Waals surface area contributed by atoms with Crippen LogP contribution in [0.2, 0.25) is 0 Å². The number of methoxy groups -OCH3 is 1. The SMILES string of the molecule is COc1ccc2c(c1)C(NC(=O)CN1CCCC1)CO2. The first-order valence-corrected chi connectivity index (χ1v) is 7.09. The standard InChI is InChI=1S/C15H20N2O3/c1-19-11-4-5-14-12(8-11)13(10-20-14)16-15(18)9-17-6-2-3-7-17/h4-5,8,13H,2-3,6-7,9-10H2,1H3,(H,16,18). The molecule has 0 aliphatic carbocycles. The van der Waals surface area contributed by atoms with Crippen molar-refractivity contribution in [2.24, 2.45) is 0 Å². The van der Waals surface area contributed by atoms with E-state index in [1.54, 1.807) is 7.11 Å². The van der Waals surface area contributed by atoms with E-state index in [0.29, 0.717) is 13.2 Å². The number of hydrogen-bond acceptors (Lipinski definition) is 4. The van der Waals surface area contributed by atoms with E-state index in [0.717, 1.165) is 30.2 Å². The second-order valence-electron chi connectivity index (χ2n) is 5.32. The molecule has 1 saturated heterocycles. The van der Waals surface area contributed by atoms with E-state index in [-0.39, 0.29) is 11.9 Å². The molecule has 2 aliphatic rings. The normalized spacial score (nSPS) is 21.4. The van der Waals surface area contributed by atoms with Crippen LogP contribution in [0.4, 0.5) is 0 Å². The average molecular weight is 276 g/mol. The zero-order valence-corrected chi connectivity index (χ0v) is 11.7. The van der Waals surface area contributed by atoms with Gasteiger partial charge in [-0.25, -0.2) is 0 Å². The third-order valence-electron chi connectivity index (χ3n) is 3.90. The number of nitrogens with zero attached hydrogens (tertiary/aromatic N) is 1. The molecule has 2 aliphatic heterocycles. The minimum Gasteiger partial charge on any atom is -0.497 e. The van der Waals surface area contributed by atoms with Gasteiger partial charge in [-0.05, 0) is 44.1 Å². The summed E-state index contributed by atoms with van der Waals surface area (Å²) in [5.41, 5.74) is 0.999. The van der Waals surface area contributed by atoms with E-state index in [9.17, 15) is 4.79 Å². The summed E-state index contributed by atoms with van der Waals surface area (Å²) in [4.78, 5) is 14.3. The largest absolute Gasteiger partial charge is 0.497 e. The number of fused-ring (bicyclic) bond motifs is 1. The van der Waals surface area contributed by atoms with Crippen LogP contribution in [-0.4, -0.2) is 44.2 Å². The molecule has 1 fully saturated rings. The van der Waals surface area contributed by atoms with Gasteiger partial charge < -0.3 is 14.8 Å². The van der Waals surface area contributed by atoms with E-state index in [1.165, 1.54) is 12.8 Å². The summed E-state index contributed by atoms with van der Waals surface area (Å²) >= 11 is 0. The summed E-state index contributed by atoms with van der Waals surface area (Å²) in [5, 5.41) is 3.05. The Hall–Kier alpha value is -1.75. The monoisotopic (exact) mass is 276 g/mol. The van der Waals surface area contributed by atoms with E-state index in [2.05, 4.69) is 10.2 Å². The molecule has 3 rings (SSSR count). The molecule has 1 N–H and O–H groups in total. The average Bonchev–Trinajstić information content (AvgIpc) is 3.08. The van der Waals surface area contributed by atoms with E-state index < -0.39 is 0 Å². The van der Waals surface area contributed by atoms with Crippen LogP contribution in [0.1, 0.15) is 24.4 Å². The van der Waals surface area contributed by atoms with Crippen molar-refractivity contribution in [3.63, 3.8) is 0 Å². The smallest absolute Gasteiger partial charge is 0.234 e. The van der Waals surface area contributed by atoms with E-state index in [1.807, 2.05) is 18.2 Å².